The van der Waals surface area contributed by atoms with E-state index in [0.717, 1.165) is 25.1 Å². The highest BCUT2D eigenvalue weighted by Gasteiger charge is 2.30. The van der Waals surface area contributed by atoms with E-state index >= 15 is 0 Å². The number of thiophene rings is 1. The zero-order valence-electron chi connectivity index (χ0n) is 14.4. The molecule has 1 aliphatic heterocycles. The fraction of sp³-hybridized carbons (Fsp3) is 0.421. The third kappa shape index (κ3) is 4.97. The number of likely N-dealkylation sites (tertiary alicyclic amines) is 1. The number of carbonyl (C=O) groups is 1. The number of nitrogens with zero attached hydrogens (tertiary/aromatic N) is 2. The van der Waals surface area contributed by atoms with Crippen molar-refractivity contribution in [2.75, 3.05) is 33.3 Å². The van der Waals surface area contributed by atoms with Crippen LogP contribution in [0.15, 0.2) is 41.8 Å². The van der Waals surface area contributed by atoms with Crippen molar-refractivity contribution in [3.63, 3.8) is 0 Å². The first-order valence-electron chi connectivity index (χ1n) is 8.53. The van der Waals surface area contributed by atoms with Crippen molar-refractivity contribution in [1.82, 2.24) is 9.80 Å². The van der Waals surface area contributed by atoms with E-state index in [2.05, 4.69) is 17.5 Å². The Kier molecular flexibility index (Phi) is 6.34. The molecule has 1 aromatic carbocycles. The van der Waals surface area contributed by atoms with Crippen molar-refractivity contribution >= 4 is 28.8 Å². The predicted molar refractivity (Wildman–Crippen MR) is 102 cm³/mol. The van der Waals surface area contributed by atoms with Crippen molar-refractivity contribution < 1.29 is 9.53 Å². The van der Waals surface area contributed by atoms with Gasteiger partial charge in [-0.3, -0.25) is 9.69 Å². The second-order valence-corrected chi connectivity index (χ2v) is 7.72. The molecule has 25 heavy (non-hydrogen) atoms. The maximum atomic E-state index is 12.7. The summed E-state index contributed by atoms with van der Waals surface area (Å²) in [4.78, 5) is 18.0. The van der Waals surface area contributed by atoms with Crippen LogP contribution in [0.2, 0.25) is 5.02 Å². The number of carbonyl (C=O) groups excluding carboxylic acids is 1. The normalized spacial score (nSPS) is 17.2. The van der Waals surface area contributed by atoms with E-state index in [1.165, 1.54) is 4.88 Å². The molecule has 134 valence electrons. The summed E-state index contributed by atoms with van der Waals surface area (Å²) < 4.78 is 5.70. The minimum absolute atomic E-state index is 0.199. The fourth-order valence-electron chi connectivity index (χ4n) is 3.09. The summed E-state index contributed by atoms with van der Waals surface area (Å²) in [6, 6.07) is 11.8. The quantitative estimate of drug-likeness (QED) is 0.727. The Hall–Kier alpha value is -1.56. The molecule has 2 heterocycles. The van der Waals surface area contributed by atoms with Crippen molar-refractivity contribution in [2.24, 2.45) is 0 Å². The van der Waals surface area contributed by atoms with Crippen LogP contribution in [-0.2, 0) is 4.79 Å². The van der Waals surface area contributed by atoms with Gasteiger partial charge in [0.25, 0.3) is 0 Å². The second kappa shape index (κ2) is 8.70. The van der Waals surface area contributed by atoms with E-state index in [1.54, 1.807) is 11.3 Å². The van der Waals surface area contributed by atoms with Gasteiger partial charge in [0.15, 0.2) is 0 Å². The molecule has 1 fully saturated rings. The summed E-state index contributed by atoms with van der Waals surface area (Å²) in [6.45, 7) is 2.52. The van der Waals surface area contributed by atoms with Crippen molar-refractivity contribution in [1.29, 1.82) is 0 Å². The minimum Gasteiger partial charge on any atom is -0.492 e. The smallest absolute Gasteiger partial charge is 0.237 e. The monoisotopic (exact) mass is 378 g/mol. The van der Waals surface area contributed by atoms with Gasteiger partial charge >= 0.3 is 0 Å². The molecule has 1 saturated heterocycles. The largest absolute Gasteiger partial charge is 0.492 e. The summed E-state index contributed by atoms with van der Waals surface area (Å²) in [5.41, 5.74) is 0. The maximum Gasteiger partial charge on any atom is 0.237 e. The lowest BCUT2D eigenvalue weighted by molar-refractivity contribution is -0.133. The Morgan fingerprint density at radius 1 is 1.36 bits per heavy atom. The van der Waals surface area contributed by atoms with E-state index < -0.39 is 0 Å². The summed E-state index contributed by atoms with van der Waals surface area (Å²) in [5, 5.41) is 2.78. The third-order valence-electron chi connectivity index (χ3n) is 4.41. The van der Waals surface area contributed by atoms with Gasteiger partial charge in [0.2, 0.25) is 5.91 Å². The number of likely N-dealkylation sites (N-methyl/N-ethyl adjacent to an activating group) is 1. The summed E-state index contributed by atoms with van der Waals surface area (Å²) in [6.07, 6.45) is 2.15. The lowest BCUT2D eigenvalue weighted by atomic mass is 10.2. The standard InChI is InChI=1S/C19H23ClN2O2S/c1-21(11-12-24-16-8-6-15(20)7-9-16)14-19(23)22-10-2-4-17(22)18-5-3-13-25-18/h3,5-9,13,17H,2,4,10-12,14H2,1H3. The molecule has 1 unspecified atom stereocenters. The van der Waals surface area contributed by atoms with Crippen LogP contribution in [0.4, 0.5) is 0 Å². The average molecular weight is 379 g/mol. The molecule has 0 radical (unpaired) electrons. The number of amides is 1. The van der Waals surface area contributed by atoms with Crippen molar-refractivity contribution in [2.45, 2.75) is 18.9 Å². The number of ether oxygens (including phenoxy) is 1. The molecular weight excluding hydrogens is 356 g/mol. The Bertz CT molecular complexity index is 675. The Morgan fingerprint density at radius 2 is 2.16 bits per heavy atom. The van der Waals surface area contributed by atoms with Gasteiger partial charge in [0.05, 0.1) is 12.6 Å². The van der Waals surface area contributed by atoms with E-state index in [9.17, 15) is 4.79 Å². The molecule has 0 N–H and O–H groups in total. The van der Waals surface area contributed by atoms with Gasteiger partial charge in [-0.05, 0) is 55.6 Å². The van der Waals surface area contributed by atoms with Crippen LogP contribution >= 0.6 is 22.9 Å². The molecule has 6 heteroatoms. The van der Waals surface area contributed by atoms with E-state index in [4.69, 9.17) is 16.3 Å². The molecule has 4 nitrogen and oxygen atoms in total. The number of hydrogen-bond acceptors (Lipinski definition) is 4. The maximum absolute atomic E-state index is 12.7. The van der Waals surface area contributed by atoms with E-state index in [0.29, 0.717) is 24.7 Å². The zero-order chi connectivity index (χ0) is 17.6. The molecule has 1 atom stereocenters. The average Bonchev–Trinajstić information content (AvgIpc) is 3.27. The van der Waals surface area contributed by atoms with Gasteiger partial charge in [0, 0.05) is 23.0 Å². The molecule has 0 saturated carbocycles. The van der Waals surface area contributed by atoms with Crippen LogP contribution in [0.1, 0.15) is 23.8 Å². The van der Waals surface area contributed by atoms with Crippen LogP contribution in [0.3, 0.4) is 0 Å². The number of benzene rings is 1. The Balaban J connectivity index is 1.44. The second-order valence-electron chi connectivity index (χ2n) is 6.30. The Labute approximate surface area is 158 Å². The SMILES string of the molecule is CN(CCOc1ccc(Cl)cc1)CC(=O)N1CCCC1c1cccs1. The molecule has 2 aromatic rings. The first-order valence-corrected chi connectivity index (χ1v) is 9.79. The molecule has 1 amide bonds. The first-order chi connectivity index (χ1) is 12.1. The van der Waals surface area contributed by atoms with Gasteiger partial charge in [0.1, 0.15) is 12.4 Å². The predicted octanol–water partition coefficient (Wildman–Crippen LogP) is 4.08. The topological polar surface area (TPSA) is 32.8 Å². The fourth-order valence-corrected chi connectivity index (χ4v) is 4.09. The Morgan fingerprint density at radius 3 is 2.88 bits per heavy atom. The molecule has 3 rings (SSSR count). The van der Waals surface area contributed by atoms with Crippen LogP contribution in [0.25, 0.3) is 0 Å². The molecule has 1 aromatic heterocycles. The van der Waals surface area contributed by atoms with Crippen LogP contribution in [0, 0.1) is 0 Å². The lowest BCUT2D eigenvalue weighted by Crippen LogP contribution is -2.39. The van der Waals surface area contributed by atoms with Crippen molar-refractivity contribution in [3.8, 4) is 5.75 Å². The highest BCUT2D eigenvalue weighted by atomic mass is 35.5. The van der Waals surface area contributed by atoms with Gasteiger partial charge in [-0.1, -0.05) is 17.7 Å². The van der Waals surface area contributed by atoms with Gasteiger partial charge < -0.3 is 9.64 Å². The first kappa shape index (κ1) is 18.2. The van der Waals surface area contributed by atoms with Crippen molar-refractivity contribution in [3.05, 3.63) is 51.7 Å². The summed E-state index contributed by atoms with van der Waals surface area (Å²) in [7, 11) is 1.96. The van der Waals surface area contributed by atoms with Gasteiger partial charge in [-0.25, -0.2) is 0 Å². The third-order valence-corrected chi connectivity index (χ3v) is 5.63. The van der Waals surface area contributed by atoms with E-state index in [1.807, 2.05) is 41.1 Å². The van der Waals surface area contributed by atoms with Crippen LogP contribution < -0.4 is 4.74 Å². The zero-order valence-corrected chi connectivity index (χ0v) is 15.9. The molecule has 1 aliphatic rings. The number of rotatable bonds is 7. The summed E-state index contributed by atoms with van der Waals surface area (Å²) >= 11 is 7.59. The van der Waals surface area contributed by atoms with Gasteiger partial charge in [-0.15, -0.1) is 11.3 Å². The number of halogens is 1. The molecule has 0 aliphatic carbocycles. The van der Waals surface area contributed by atoms with Crippen LogP contribution in [0.5, 0.6) is 5.75 Å². The van der Waals surface area contributed by atoms with Gasteiger partial charge in [-0.2, -0.15) is 0 Å². The lowest BCUT2D eigenvalue weighted by Gasteiger charge is -2.26. The summed E-state index contributed by atoms with van der Waals surface area (Å²) in [5.74, 6) is 0.992. The van der Waals surface area contributed by atoms with E-state index in [-0.39, 0.29) is 11.9 Å². The minimum atomic E-state index is 0.199. The number of hydrogen-bond donors (Lipinski definition) is 0. The highest BCUT2D eigenvalue weighted by Crippen LogP contribution is 2.34. The van der Waals surface area contributed by atoms with Crippen LogP contribution in [-0.4, -0.2) is 49.0 Å². The molecule has 0 bridgehead atoms. The molecule has 0 spiro atoms. The molecular formula is C19H23ClN2O2S. The highest BCUT2D eigenvalue weighted by molar-refractivity contribution is 7.10.